The summed E-state index contributed by atoms with van der Waals surface area (Å²) in [5, 5.41) is 27.4. The van der Waals surface area contributed by atoms with Crippen LogP contribution in [-0.2, 0) is 10.0 Å². The Labute approximate surface area is 123 Å². The van der Waals surface area contributed by atoms with Crippen LogP contribution in [0.5, 0.6) is 0 Å². The topological polar surface area (TPSA) is 129 Å². The molecule has 0 bridgehead atoms. The van der Waals surface area contributed by atoms with Crippen molar-refractivity contribution in [2.75, 3.05) is 13.2 Å². The first-order valence-corrected chi connectivity index (χ1v) is 7.75. The average Bonchev–Trinajstić information content (AvgIpc) is 2.84. The van der Waals surface area contributed by atoms with Crippen molar-refractivity contribution in [1.82, 2.24) is 9.29 Å². The average molecular weight is 320 g/mol. The van der Waals surface area contributed by atoms with Crippen LogP contribution in [0.4, 0.5) is 0 Å². The Balaban J connectivity index is 3.27. The molecule has 0 spiro atoms. The summed E-state index contributed by atoms with van der Waals surface area (Å²) in [7, 11) is -4.07. The number of carboxylic acids is 1. The number of carbonyl (C=O) groups is 1. The van der Waals surface area contributed by atoms with Crippen molar-refractivity contribution in [3.8, 4) is 0 Å². The standard InChI is InChI=1S/C12H20N2O6S/c1-8(2)14-5-9(4-10(14)11(17)18)21(19,20)13-12(3,6-15)7-16/h4-5,8,13,15-16H,6-7H2,1-3H3,(H,17,18). The van der Waals surface area contributed by atoms with Gasteiger partial charge in [0, 0.05) is 12.2 Å². The number of hydrogen-bond acceptors (Lipinski definition) is 5. The molecule has 0 aromatic carbocycles. The van der Waals surface area contributed by atoms with Gasteiger partial charge in [-0.05, 0) is 26.8 Å². The molecule has 0 aliphatic rings. The largest absolute Gasteiger partial charge is 0.477 e. The molecule has 0 fully saturated rings. The minimum absolute atomic E-state index is 0.153. The van der Waals surface area contributed by atoms with E-state index in [2.05, 4.69) is 4.72 Å². The van der Waals surface area contributed by atoms with Crippen LogP contribution in [0.3, 0.4) is 0 Å². The molecule has 8 nitrogen and oxygen atoms in total. The maximum atomic E-state index is 12.2. The van der Waals surface area contributed by atoms with Gasteiger partial charge in [0.1, 0.15) is 10.6 Å². The molecule has 1 heterocycles. The number of aliphatic hydroxyl groups excluding tert-OH is 2. The van der Waals surface area contributed by atoms with E-state index in [1.807, 2.05) is 0 Å². The molecule has 0 aliphatic carbocycles. The second-order valence-corrected chi connectivity index (χ2v) is 7.03. The van der Waals surface area contributed by atoms with Crippen LogP contribution in [0.15, 0.2) is 17.2 Å². The van der Waals surface area contributed by atoms with Crippen LogP contribution in [0.1, 0.15) is 37.3 Å². The van der Waals surface area contributed by atoms with Gasteiger partial charge in [0.25, 0.3) is 0 Å². The fourth-order valence-corrected chi connectivity index (χ4v) is 3.11. The minimum atomic E-state index is -4.07. The highest BCUT2D eigenvalue weighted by atomic mass is 32.2. The predicted octanol–water partition coefficient (Wildman–Crippen LogP) is -0.211. The number of nitrogens with zero attached hydrogens (tertiary/aromatic N) is 1. The summed E-state index contributed by atoms with van der Waals surface area (Å²) in [6, 6.07) is 0.807. The zero-order valence-electron chi connectivity index (χ0n) is 12.1. The molecule has 0 saturated heterocycles. The monoisotopic (exact) mass is 320 g/mol. The number of aromatic nitrogens is 1. The minimum Gasteiger partial charge on any atom is -0.477 e. The molecule has 4 N–H and O–H groups in total. The van der Waals surface area contributed by atoms with Gasteiger partial charge in [-0.25, -0.2) is 17.9 Å². The first kappa shape index (κ1) is 17.6. The van der Waals surface area contributed by atoms with Gasteiger partial charge in [-0.3, -0.25) is 0 Å². The van der Waals surface area contributed by atoms with Crippen molar-refractivity contribution < 1.29 is 28.5 Å². The molecule has 0 saturated carbocycles. The van der Waals surface area contributed by atoms with Crippen LogP contribution >= 0.6 is 0 Å². The SMILES string of the molecule is CC(C)n1cc(S(=O)(=O)NC(C)(CO)CO)cc1C(=O)O. The summed E-state index contributed by atoms with van der Waals surface area (Å²) in [5.41, 5.74) is -1.58. The van der Waals surface area contributed by atoms with Gasteiger partial charge in [0.05, 0.1) is 18.8 Å². The zero-order valence-corrected chi connectivity index (χ0v) is 12.9. The van der Waals surface area contributed by atoms with Gasteiger partial charge in [0.15, 0.2) is 0 Å². The second kappa shape index (κ2) is 6.14. The van der Waals surface area contributed by atoms with Crippen LogP contribution < -0.4 is 4.72 Å². The van der Waals surface area contributed by atoms with Gasteiger partial charge in [-0.15, -0.1) is 0 Å². The molecule has 9 heteroatoms. The maximum absolute atomic E-state index is 12.2. The normalized spacial score (nSPS) is 12.9. The van der Waals surface area contributed by atoms with Gasteiger partial charge in [0.2, 0.25) is 10.0 Å². The number of aromatic carboxylic acids is 1. The third kappa shape index (κ3) is 3.82. The molecule has 21 heavy (non-hydrogen) atoms. The first-order chi connectivity index (χ1) is 9.56. The third-order valence-corrected chi connectivity index (χ3v) is 4.59. The Kier molecular flexibility index (Phi) is 5.16. The van der Waals surface area contributed by atoms with E-state index in [0.29, 0.717) is 0 Å². The molecule has 120 valence electrons. The molecule has 0 atom stereocenters. The third-order valence-electron chi connectivity index (χ3n) is 2.99. The molecule has 0 radical (unpaired) electrons. The molecular weight excluding hydrogens is 300 g/mol. The van der Waals surface area contributed by atoms with Crippen molar-refractivity contribution >= 4 is 16.0 Å². The van der Waals surface area contributed by atoms with Crippen molar-refractivity contribution in [3.05, 3.63) is 18.0 Å². The molecule has 0 unspecified atom stereocenters. The Morgan fingerprint density at radius 1 is 1.38 bits per heavy atom. The number of nitrogens with one attached hydrogen (secondary N) is 1. The second-order valence-electron chi connectivity index (χ2n) is 5.35. The summed E-state index contributed by atoms with van der Waals surface area (Å²) in [4.78, 5) is 10.9. The van der Waals surface area contributed by atoms with Crippen molar-refractivity contribution in [1.29, 1.82) is 0 Å². The molecule has 0 amide bonds. The van der Waals surface area contributed by atoms with E-state index in [1.54, 1.807) is 13.8 Å². The number of sulfonamides is 1. The summed E-state index contributed by atoms with van der Waals surface area (Å²) in [6.45, 7) is 3.59. The summed E-state index contributed by atoms with van der Waals surface area (Å²) < 4.78 is 28.0. The van der Waals surface area contributed by atoms with Crippen LogP contribution in [0.2, 0.25) is 0 Å². The maximum Gasteiger partial charge on any atom is 0.352 e. The predicted molar refractivity (Wildman–Crippen MR) is 74.7 cm³/mol. The fourth-order valence-electron chi connectivity index (χ4n) is 1.70. The molecule has 1 aromatic heterocycles. The lowest BCUT2D eigenvalue weighted by molar-refractivity contribution is 0.0683. The highest BCUT2D eigenvalue weighted by Crippen LogP contribution is 2.20. The van der Waals surface area contributed by atoms with Crippen molar-refractivity contribution in [3.63, 3.8) is 0 Å². The van der Waals surface area contributed by atoms with Crippen molar-refractivity contribution in [2.45, 2.75) is 37.2 Å². The van der Waals surface area contributed by atoms with Gasteiger partial charge < -0.3 is 19.9 Å². The first-order valence-electron chi connectivity index (χ1n) is 6.27. The number of aliphatic hydroxyl groups is 2. The van der Waals surface area contributed by atoms with Crippen LogP contribution in [0, 0.1) is 0 Å². The van der Waals surface area contributed by atoms with E-state index in [9.17, 15) is 13.2 Å². The Hall–Kier alpha value is -1.42. The van der Waals surface area contributed by atoms with E-state index >= 15 is 0 Å². The highest BCUT2D eigenvalue weighted by Gasteiger charge is 2.31. The Bertz CT molecular complexity index is 616. The zero-order chi connectivity index (χ0) is 16.4. The summed E-state index contributed by atoms with van der Waals surface area (Å²) in [5.74, 6) is -1.24. The molecular formula is C12H20N2O6S. The number of carboxylic acid groups (broad SMARTS) is 1. The van der Waals surface area contributed by atoms with E-state index in [4.69, 9.17) is 15.3 Å². The quantitative estimate of drug-likeness (QED) is 0.550. The van der Waals surface area contributed by atoms with E-state index in [1.165, 1.54) is 17.7 Å². The molecule has 1 aromatic rings. The van der Waals surface area contributed by atoms with Gasteiger partial charge >= 0.3 is 5.97 Å². The Morgan fingerprint density at radius 2 is 1.90 bits per heavy atom. The van der Waals surface area contributed by atoms with Gasteiger partial charge in [-0.2, -0.15) is 0 Å². The molecule has 0 aliphatic heterocycles. The lowest BCUT2D eigenvalue weighted by Crippen LogP contribution is -2.51. The van der Waals surface area contributed by atoms with E-state index < -0.39 is 34.7 Å². The Morgan fingerprint density at radius 3 is 2.24 bits per heavy atom. The lowest BCUT2D eigenvalue weighted by atomic mass is 10.1. The number of rotatable bonds is 7. The van der Waals surface area contributed by atoms with Crippen molar-refractivity contribution in [2.24, 2.45) is 0 Å². The molecule has 1 rings (SSSR count). The van der Waals surface area contributed by atoms with Crippen LogP contribution in [0.25, 0.3) is 0 Å². The smallest absolute Gasteiger partial charge is 0.352 e. The lowest BCUT2D eigenvalue weighted by Gasteiger charge is -2.25. The number of hydrogen-bond donors (Lipinski definition) is 4. The summed E-state index contributed by atoms with van der Waals surface area (Å²) in [6.07, 6.45) is 1.21. The highest BCUT2D eigenvalue weighted by molar-refractivity contribution is 7.89. The summed E-state index contributed by atoms with van der Waals surface area (Å²) >= 11 is 0. The van der Waals surface area contributed by atoms with Crippen LogP contribution in [-0.4, -0.2) is 53.0 Å². The fraction of sp³-hybridized carbons (Fsp3) is 0.583. The van der Waals surface area contributed by atoms with E-state index in [-0.39, 0.29) is 16.6 Å². The van der Waals surface area contributed by atoms with Gasteiger partial charge in [-0.1, -0.05) is 0 Å². The van der Waals surface area contributed by atoms with E-state index in [0.717, 1.165) is 6.07 Å².